The summed E-state index contributed by atoms with van der Waals surface area (Å²) in [4.78, 5) is 38.8. The number of anilines is 2. The van der Waals surface area contributed by atoms with Gasteiger partial charge in [0.2, 0.25) is 0 Å². The number of ether oxygens (including phenoxy) is 2. The summed E-state index contributed by atoms with van der Waals surface area (Å²) in [5, 5.41) is 16.9. The Bertz CT molecular complexity index is 2960. The van der Waals surface area contributed by atoms with Crippen LogP contribution < -0.4 is 10.6 Å². The van der Waals surface area contributed by atoms with E-state index in [9.17, 15) is 9.59 Å². The van der Waals surface area contributed by atoms with Gasteiger partial charge < -0.3 is 20.1 Å². The molecular weight excluding hydrogens is 862 g/mol. The smallest absolute Gasteiger partial charge is 0.177 e. The second kappa shape index (κ2) is 18.6. The van der Waals surface area contributed by atoms with Crippen molar-refractivity contribution in [2.24, 2.45) is 11.8 Å². The van der Waals surface area contributed by atoms with Crippen molar-refractivity contribution in [3.05, 3.63) is 113 Å². The SMILES string of the molecule is Cc1cc(-c2cnc3c(NCC4(C)CCCO4)cc(-c4ccncc4)nn23)ccc1C(=O)CC1CC1.Cc1cc(-c2cnc3c(NCC4(C)CCCO4)cc(Cl)nn23)ccc1C(=O)CC1CC1. The highest BCUT2D eigenvalue weighted by atomic mass is 35.5. The van der Waals surface area contributed by atoms with E-state index in [1.54, 1.807) is 29.2 Å². The van der Waals surface area contributed by atoms with Gasteiger partial charge in [-0.05, 0) is 132 Å². The standard InChI is InChI=1S/C29H31N5O2.C24H27ClN4O2/c1-19-14-22(6-7-23(19)27(35)15-20-4-5-20)26-17-31-28-25(32-18-29(2)10-3-13-36-29)16-24(33-34(26)28)21-8-11-30-12-9-21;1-15-10-17(6-7-18(15)21(30)11-16-4-5-16)20-13-26-23-19(12-22(25)28-29(20)23)27-14-24(2)8-3-9-31-24/h6-9,11-12,14,16-17,20,32H,3-5,10,13,15,18H2,1-2H3;6-7,10,12-13,16,27H,3-5,8-9,11,14H2,1-2H3. The summed E-state index contributed by atoms with van der Waals surface area (Å²) in [7, 11) is 0. The fourth-order valence-electron chi connectivity index (χ4n) is 9.40. The van der Waals surface area contributed by atoms with Gasteiger partial charge in [-0.1, -0.05) is 35.9 Å². The zero-order valence-corrected chi connectivity index (χ0v) is 39.5. The van der Waals surface area contributed by atoms with Gasteiger partial charge in [0.15, 0.2) is 28.0 Å². The van der Waals surface area contributed by atoms with Crippen LogP contribution in [-0.4, -0.2) is 83.3 Å². The molecule has 2 saturated carbocycles. The van der Waals surface area contributed by atoms with Crippen molar-refractivity contribution < 1.29 is 19.1 Å². The highest BCUT2D eigenvalue weighted by Gasteiger charge is 2.32. The van der Waals surface area contributed by atoms with Gasteiger partial charge in [-0.25, -0.2) is 19.0 Å². The van der Waals surface area contributed by atoms with Crippen LogP contribution in [0.4, 0.5) is 11.4 Å². The quantitative estimate of drug-likeness (QED) is 0.0946. The number of benzene rings is 2. The van der Waals surface area contributed by atoms with Crippen molar-refractivity contribution in [2.75, 3.05) is 36.9 Å². The van der Waals surface area contributed by atoms with Gasteiger partial charge in [-0.15, -0.1) is 0 Å². The first-order valence-corrected chi connectivity index (χ1v) is 24.2. The minimum atomic E-state index is -0.188. The van der Waals surface area contributed by atoms with Crippen molar-refractivity contribution in [1.82, 2.24) is 34.2 Å². The molecule has 2 aliphatic heterocycles. The van der Waals surface area contributed by atoms with Crippen molar-refractivity contribution in [1.29, 1.82) is 0 Å². The topological polar surface area (TPSA) is 150 Å². The van der Waals surface area contributed by atoms with Crippen LogP contribution in [0.1, 0.15) is 110 Å². The summed E-state index contributed by atoms with van der Waals surface area (Å²) < 4.78 is 15.5. The van der Waals surface area contributed by atoms with Gasteiger partial charge in [0.25, 0.3) is 0 Å². The van der Waals surface area contributed by atoms with E-state index >= 15 is 0 Å². The lowest BCUT2D eigenvalue weighted by Crippen LogP contribution is -2.32. The molecule has 2 saturated heterocycles. The highest BCUT2D eigenvalue weighted by molar-refractivity contribution is 6.29. The number of fused-ring (bicyclic) bond motifs is 2. The fourth-order valence-corrected chi connectivity index (χ4v) is 9.59. The van der Waals surface area contributed by atoms with E-state index in [4.69, 9.17) is 31.2 Å². The van der Waals surface area contributed by atoms with Gasteiger partial charge in [0, 0.05) is 85.4 Å². The Kier molecular flexibility index (Phi) is 12.4. The number of carbonyl (C=O) groups excluding carboxylic acids is 2. The van der Waals surface area contributed by atoms with E-state index in [-0.39, 0.29) is 22.8 Å². The van der Waals surface area contributed by atoms with Crippen LogP contribution in [0.3, 0.4) is 0 Å². The Morgan fingerprint density at radius 2 is 1.16 bits per heavy atom. The number of rotatable bonds is 15. The number of pyridine rings is 1. The first kappa shape index (κ1) is 44.8. The normalized spacial score (nSPS) is 20.3. The molecule has 5 aromatic heterocycles. The molecule has 0 spiro atoms. The number of Topliss-reactive ketones (excluding diaryl/α,β-unsaturated/α-hetero) is 2. The second-order valence-corrected chi connectivity index (χ2v) is 19.9. The van der Waals surface area contributed by atoms with Crippen LogP contribution in [0.15, 0.2) is 85.5 Å². The van der Waals surface area contributed by atoms with Crippen LogP contribution >= 0.6 is 11.6 Å². The minimum Gasteiger partial charge on any atom is -0.379 e. The molecule has 2 aromatic carbocycles. The average molecular weight is 921 g/mol. The average Bonchev–Trinajstić information content (AvgIpc) is 4.08. The maximum Gasteiger partial charge on any atom is 0.177 e. The molecule has 2 aliphatic carbocycles. The van der Waals surface area contributed by atoms with Crippen LogP contribution in [0.2, 0.25) is 5.15 Å². The Hall–Kier alpha value is -6.02. The number of imidazole rings is 2. The molecule has 11 rings (SSSR count). The van der Waals surface area contributed by atoms with Crippen LogP contribution in [0.5, 0.6) is 0 Å². The number of nitrogens with zero attached hydrogens (tertiary/aromatic N) is 7. The summed E-state index contributed by atoms with van der Waals surface area (Å²) in [6, 6.07) is 19.7. The fraction of sp³-hybridized carbons (Fsp3) is 0.415. The Morgan fingerprint density at radius 3 is 1.63 bits per heavy atom. The van der Waals surface area contributed by atoms with Crippen LogP contribution in [0, 0.1) is 25.7 Å². The predicted octanol–water partition coefficient (Wildman–Crippen LogP) is 11.1. The number of hydrogen-bond acceptors (Lipinski definition) is 11. The summed E-state index contributed by atoms with van der Waals surface area (Å²) >= 11 is 6.35. The number of aryl methyl sites for hydroxylation is 2. The Labute approximate surface area is 396 Å². The molecule has 2 atom stereocenters. The third-order valence-electron chi connectivity index (χ3n) is 13.8. The molecule has 2 N–H and O–H groups in total. The molecule has 346 valence electrons. The molecular formula is C53H58ClN9O4. The summed E-state index contributed by atoms with van der Waals surface area (Å²) in [5.74, 6) is 1.64. The molecule has 2 unspecified atom stereocenters. The molecule has 0 bridgehead atoms. The number of carbonyl (C=O) groups is 2. The monoisotopic (exact) mass is 919 g/mol. The molecule has 13 nitrogen and oxygen atoms in total. The second-order valence-electron chi connectivity index (χ2n) is 19.5. The number of hydrogen-bond donors (Lipinski definition) is 2. The first-order chi connectivity index (χ1) is 32.4. The van der Waals surface area contributed by atoms with E-state index in [2.05, 4.69) is 45.6 Å². The first-order valence-electron chi connectivity index (χ1n) is 23.8. The van der Waals surface area contributed by atoms with Crippen molar-refractivity contribution >= 4 is 45.8 Å². The van der Waals surface area contributed by atoms with Crippen molar-refractivity contribution in [3.8, 4) is 33.8 Å². The molecule has 0 radical (unpaired) electrons. The van der Waals surface area contributed by atoms with Crippen LogP contribution in [-0.2, 0) is 9.47 Å². The van der Waals surface area contributed by atoms with Gasteiger partial charge in [0.1, 0.15) is 0 Å². The number of halogens is 1. The molecule has 4 aliphatic rings. The van der Waals surface area contributed by atoms with Gasteiger partial charge in [0.05, 0.1) is 52.1 Å². The van der Waals surface area contributed by atoms with E-state index in [1.807, 2.05) is 73.1 Å². The lowest BCUT2D eigenvalue weighted by Gasteiger charge is -2.24. The van der Waals surface area contributed by atoms with Crippen LogP contribution in [0.25, 0.3) is 45.1 Å². The number of nitrogens with one attached hydrogen (secondary N) is 2. The zero-order chi connectivity index (χ0) is 46.3. The van der Waals surface area contributed by atoms with Crippen molar-refractivity contribution in [2.45, 2.75) is 103 Å². The molecule has 67 heavy (non-hydrogen) atoms. The van der Waals surface area contributed by atoms with Gasteiger partial charge in [-0.3, -0.25) is 14.6 Å². The molecule has 7 aromatic rings. The van der Waals surface area contributed by atoms with Crippen molar-refractivity contribution in [3.63, 3.8) is 0 Å². The lowest BCUT2D eigenvalue weighted by molar-refractivity contribution is 0.0313. The van der Waals surface area contributed by atoms with Gasteiger partial charge in [-0.2, -0.15) is 10.2 Å². The maximum atomic E-state index is 12.7. The Balaban J connectivity index is 0.000000159. The van der Waals surface area contributed by atoms with E-state index < -0.39 is 0 Å². The summed E-state index contributed by atoms with van der Waals surface area (Å²) in [6.07, 6.45) is 17.5. The van der Waals surface area contributed by atoms with E-state index in [0.29, 0.717) is 48.6 Å². The molecule has 0 amide bonds. The zero-order valence-electron chi connectivity index (χ0n) is 38.8. The number of aromatic nitrogens is 7. The predicted molar refractivity (Wildman–Crippen MR) is 262 cm³/mol. The largest absolute Gasteiger partial charge is 0.379 e. The van der Waals surface area contributed by atoms with Gasteiger partial charge >= 0.3 is 0 Å². The number of ketones is 2. The molecule has 4 fully saturated rings. The highest BCUT2D eigenvalue weighted by Crippen LogP contribution is 2.37. The minimum absolute atomic E-state index is 0.178. The molecule has 7 heterocycles. The summed E-state index contributed by atoms with van der Waals surface area (Å²) in [5.41, 5.74) is 11.9. The Morgan fingerprint density at radius 1 is 0.672 bits per heavy atom. The van der Waals surface area contributed by atoms with E-state index in [0.717, 1.165) is 112 Å². The maximum absolute atomic E-state index is 12.7. The lowest BCUT2D eigenvalue weighted by atomic mass is 9.98. The summed E-state index contributed by atoms with van der Waals surface area (Å²) in [6.45, 7) is 11.3. The van der Waals surface area contributed by atoms with E-state index in [1.165, 1.54) is 25.7 Å². The molecule has 14 heteroatoms. The third kappa shape index (κ3) is 10.0. The third-order valence-corrected chi connectivity index (χ3v) is 14.0.